The van der Waals surface area contributed by atoms with Crippen LogP contribution < -0.4 is 5.32 Å². The van der Waals surface area contributed by atoms with Gasteiger partial charge in [0.25, 0.3) is 0 Å². The fourth-order valence-electron chi connectivity index (χ4n) is 5.46. The van der Waals surface area contributed by atoms with Crippen LogP contribution in [0.25, 0.3) is 0 Å². The van der Waals surface area contributed by atoms with Crippen LogP contribution >= 0.6 is 0 Å². The number of esters is 1. The average Bonchev–Trinajstić information content (AvgIpc) is 2.40. The first-order valence-corrected chi connectivity index (χ1v) is 8.62. The summed E-state index contributed by atoms with van der Waals surface area (Å²) in [5.74, 6) is 1.90. The molecule has 0 aromatic carbocycles. The third-order valence-electron chi connectivity index (χ3n) is 6.09. The summed E-state index contributed by atoms with van der Waals surface area (Å²) >= 11 is 0. The number of rotatable bonds is 3. The van der Waals surface area contributed by atoms with Gasteiger partial charge in [0.1, 0.15) is 6.04 Å². The second-order valence-electron chi connectivity index (χ2n) is 8.96. The van der Waals surface area contributed by atoms with Crippen molar-refractivity contribution >= 4 is 11.9 Å². The maximum absolute atomic E-state index is 12.5. The molecule has 0 heterocycles. The summed E-state index contributed by atoms with van der Waals surface area (Å²) in [7, 11) is 1.43. The molecule has 4 fully saturated rings. The van der Waals surface area contributed by atoms with Gasteiger partial charge in [-0.2, -0.15) is 0 Å². The van der Waals surface area contributed by atoms with Crippen LogP contribution in [0.15, 0.2) is 0 Å². The number of hydrogen-bond donors (Lipinski definition) is 1. The third kappa shape index (κ3) is 2.65. The van der Waals surface area contributed by atoms with Crippen LogP contribution in [0.2, 0.25) is 0 Å². The largest absolute Gasteiger partial charge is 0.467 e. The fourth-order valence-corrected chi connectivity index (χ4v) is 5.46. The number of carbonyl (C=O) groups is 2. The molecule has 4 saturated carbocycles. The molecule has 0 aromatic rings. The number of amides is 1. The number of ether oxygens (including phenoxy) is 1. The maximum Gasteiger partial charge on any atom is 0.328 e. The predicted octanol–water partition coefficient (Wildman–Crippen LogP) is 2.91. The lowest BCUT2D eigenvalue weighted by Crippen LogP contribution is -2.61. The van der Waals surface area contributed by atoms with Crippen LogP contribution in [0.5, 0.6) is 0 Å². The Kier molecular flexibility index (Phi) is 3.77. The van der Waals surface area contributed by atoms with E-state index in [9.17, 15) is 9.59 Å². The van der Waals surface area contributed by atoms with Crippen molar-refractivity contribution in [2.45, 2.75) is 65.3 Å². The van der Waals surface area contributed by atoms with Crippen molar-refractivity contribution in [2.75, 3.05) is 7.11 Å². The molecule has 0 spiro atoms. The van der Waals surface area contributed by atoms with E-state index >= 15 is 0 Å². The number of carbonyl (C=O) groups excluding carboxylic acids is 2. The Bertz CT molecular complexity index is 442. The summed E-state index contributed by atoms with van der Waals surface area (Å²) in [5, 5.41) is 3.05. The Balaban J connectivity index is 1.86. The highest BCUT2D eigenvalue weighted by molar-refractivity contribution is 5.87. The van der Waals surface area contributed by atoms with Crippen molar-refractivity contribution in [1.82, 2.24) is 5.32 Å². The van der Waals surface area contributed by atoms with Crippen molar-refractivity contribution in [3.8, 4) is 0 Å². The standard InChI is InChI=1S/C18H29NO3/c1-17(2,3)16(21)19-14(15(20)22-4)18-8-11-5-12(9-18)7-13(6-11)10-18/h11-14H,5-10H2,1-4H3,(H,19,21). The van der Waals surface area contributed by atoms with Crippen LogP contribution in [0.4, 0.5) is 0 Å². The van der Waals surface area contributed by atoms with Crippen molar-refractivity contribution in [1.29, 1.82) is 0 Å². The van der Waals surface area contributed by atoms with E-state index < -0.39 is 11.5 Å². The Hall–Kier alpha value is -1.06. The third-order valence-corrected chi connectivity index (χ3v) is 6.09. The smallest absolute Gasteiger partial charge is 0.328 e. The van der Waals surface area contributed by atoms with Gasteiger partial charge in [-0.1, -0.05) is 20.8 Å². The molecule has 0 aromatic heterocycles. The van der Waals surface area contributed by atoms with E-state index in [-0.39, 0.29) is 17.3 Å². The van der Waals surface area contributed by atoms with Gasteiger partial charge in [-0.3, -0.25) is 4.79 Å². The number of hydrogen-bond acceptors (Lipinski definition) is 3. The van der Waals surface area contributed by atoms with E-state index in [0.29, 0.717) is 0 Å². The average molecular weight is 307 g/mol. The first kappa shape index (κ1) is 15.8. The lowest BCUT2D eigenvalue weighted by molar-refractivity contribution is -0.158. The molecule has 1 amide bonds. The van der Waals surface area contributed by atoms with E-state index in [2.05, 4.69) is 5.32 Å². The SMILES string of the molecule is COC(=O)C(NC(=O)C(C)(C)C)C12CC3CC(CC(C3)C1)C2. The first-order valence-electron chi connectivity index (χ1n) is 8.62. The molecule has 1 N–H and O–H groups in total. The molecule has 4 bridgehead atoms. The molecule has 22 heavy (non-hydrogen) atoms. The lowest BCUT2D eigenvalue weighted by atomic mass is 9.47. The van der Waals surface area contributed by atoms with Gasteiger partial charge < -0.3 is 10.1 Å². The van der Waals surface area contributed by atoms with E-state index in [1.165, 1.54) is 26.4 Å². The molecular weight excluding hydrogens is 278 g/mol. The van der Waals surface area contributed by atoms with E-state index in [4.69, 9.17) is 4.74 Å². The van der Waals surface area contributed by atoms with Crippen LogP contribution in [0.3, 0.4) is 0 Å². The maximum atomic E-state index is 12.5. The summed E-state index contributed by atoms with van der Waals surface area (Å²) in [6.45, 7) is 5.66. The minimum absolute atomic E-state index is 0.0568. The van der Waals surface area contributed by atoms with Gasteiger partial charge >= 0.3 is 5.97 Å². The highest BCUT2D eigenvalue weighted by Crippen LogP contribution is 2.61. The minimum Gasteiger partial charge on any atom is -0.467 e. The van der Waals surface area contributed by atoms with Gasteiger partial charge in [0.05, 0.1) is 7.11 Å². The quantitative estimate of drug-likeness (QED) is 0.816. The Morgan fingerprint density at radius 2 is 1.50 bits per heavy atom. The van der Waals surface area contributed by atoms with Gasteiger partial charge in [-0.25, -0.2) is 4.79 Å². The molecular formula is C18H29NO3. The molecule has 4 nitrogen and oxygen atoms in total. The van der Waals surface area contributed by atoms with E-state index in [0.717, 1.165) is 37.0 Å². The van der Waals surface area contributed by atoms with Crippen LogP contribution in [-0.2, 0) is 14.3 Å². The summed E-state index contributed by atoms with van der Waals surface area (Å²) < 4.78 is 5.06. The molecule has 0 radical (unpaired) electrons. The molecule has 4 aliphatic rings. The fraction of sp³-hybridized carbons (Fsp3) is 0.889. The van der Waals surface area contributed by atoms with Gasteiger partial charge in [0, 0.05) is 10.8 Å². The molecule has 0 aliphatic heterocycles. The molecule has 124 valence electrons. The normalized spacial score (nSPS) is 37.7. The van der Waals surface area contributed by atoms with Crippen LogP contribution in [0.1, 0.15) is 59.3 Å². The van der Waals surface area contributed by atoms with Crippen molar-refractivity contribution < 1.29 is 14.3 Å². The Labute approximate surface area is 133 Å². The Morgan fingerprint density at radius 1 is 1.05 bits per heavy atom. The summed E-state index contributed by atoms with van der Waals surface area (Å²) in [6, 6.07) is -0.474. The minimum atomic E-state index is -0.492. The van der Waals surface area contributed by atoms with Gasteiger partial charge in [0.15, 0.2) is 0 Å². The topological polar surface area (TPSA) is 55.4 Å². The number of nitrogens with one attached hydrogen (secondary N) is 1. The predicted molar refractivity (Wildman–Crippen MR) is 84.0 cm³/mol. The van der Waals surface area contributed by atoms with Gasteiger partial charge in [0.2, 0.25) is 5.91 Å². The molecule has 0 saturated heterocycles. The lowest BCUT2D eigenvalue weighted by Gasteiger charge is -2.58. The zero-order valence-corrected chi connectivity index (χ0v) is 14.3. The highest BCUT2D eigenvalue weighted by atomic mass is 16.5. The summed E-state index contributed by atoms with van der Waals surface area (Å²) in [5.41, 5.74) is -0.558. The molecule has 1 atom stereocenters. The molecule has 4 rings (SSSR count). The van der Waals surface area contributed by atoms with E-state index in [1.807, 2.05) is 20.8 Å². The summed E-state index contributed by atoms with van der Waals surface area (Å²) in [4.78, 5) is 24.9. The molecule has 4 heteroatoms. The van der Waals surface area contributed by atoms with Gasteiger partial charge in [-0.15, -0.1) is 0 Å². The Morgan fingerprint density at radius 3 is 1.86 bits per heavy atom. The summed E-state index contributed by atoms with van der Waals surface area (Å²) in [6.07, 6.45) is 7.18. The van der Waals surface area contributed by atoms with Crippen LogP contribution in [-0.4, -0.2) is 25.0 Å². The van der Waals surface area contributed by atoms with Crippen LogP contribution in [0, 0.1) is 28.6 Å². The zero-order chi connectivity index (χ0) is 16.1. The van der Waals surface area contributed by atoms with Crippen molar-refractivity contribution in [3.05, 3.63) is 0 Å². The van der Waals surface area contributed by atoms with Gasteiger partial charge in [-0.05, 0) is 56.3 Å². The second kappa shape index (κ2) is 5.24. The number of methoxy groups -OCH3 is 1. The second-order valence-corrected chi connectivity index (χ2v) is 8.96. The highest BCUT2D eigenvalue weighted by Gasteiger charge is 2.57. The monoisotopic (exact) mass is 307 g/mol. The van der Waals surface area contributed by atoms with Crippen molar-refractivity contribution in [3.63, 3.8) is 0 Å². The zero-order valence-electron chi connectivity index (χ0n) is 14.3. The molecule has 1 unspecified atom stereocenters. The first-order chi connectivity index (χ1) is 10.2. The van der Waals surface area contributed by atoms with Crippen molar-refractivity contribution in [2.24, 2.45) is 28.6 Å². The van der Waals surface area contributed by atoms with E-state index in [1.54, 1.807) is 0 Å². The molecule has 4 aliphatic carbocycles.